The Hall–Kier alpha value is -3.09. The number of methoxy groups -OCH3 is 1. The van der Waals surface area contributed by atoms with Gasteiger partial charge < -0.3 is 19.3 Å². The molecule has 1 atom stereocenters. The molecule has 188 valence electrons. The lowest BCUT2D eigenvalue weighted by Gasteiger charge is -2.45. The number of nitrogens with zero attached hydrogens (tertiary/aromatic N) is 2. The lowest BCUT2D eigenvalue weighted by molar-refractivity contribution is -0.160. The second kappa shape index (κ2) is 10.7. The highest BCUT2D eigenvalue weighted by Gasteiger charge is 2.43. The number of hydrogen-bond donors (Lipinski definition) is 0. The Kier molecular flexibility index (Phi) is 7.63. The lowest BCUT2D eigenvalue weighted by atomic mass is 9.85. The number of rotatable bonds is 7. The largest absolute Gasteiger partial charge is 0.493 e. The third kappa shape index (κ3) is 5.60. The maximum atomic E-state index is 14.0. The average molecular weight is 483 g/mol. The molecule has 0 unspecified atom stereocenters. The van der Waals surface area contributed by atoms with Crippen LogP contribution in [0.25, 0.3) is 0 Å². The van der Waals surface area contributed by atoms with Gasteiger partial charge in [-0.15, -0.1) is 0 Å². The van der Waals surface area contributed by atoms with Crippen molar-refractivity contribution >= 4 is 11.8 Å². The van der Waals surface area contributed by atoms with Gasteiger partial charge in [-0.05, 0) is 80.8 Å². The van der Waals surface area contributed by atoms with E-state index < -0.39 is 6.04 Å². The minimum atomic E-state index is -0.789. The van der Waals surface area contributed by atoms with E-state index in [0.29, 0.717) is 23.0 Å². The lowest BCUT2D eigenvalue weighted by Crippen LogP contribution is -2.58. The van der Waals surface area contributed by atoms with Crippen LogP contribution in [0.2, 0.25) is 0 Å². The number of piperazine rings is 1. The summed E-state index contributed by atoms with van der Waals surface area (Å²) in [5.41, 5.74) is 1.44. The van der Waals surface area contributed by atoms with Gasteiger partial charge in [0.05, 0.1) is 13.2 Å². The summed E-state index contributed by atoms with van der Waals surface area (Å²) in [6.07, 6.45) is 3.90. The average Bonchev–Trinajstić information content (AvgIpc) is 2.83. The summed E-state index contributed by atoms with van der Waals surface area (Å²) in [4.78, 5) is 30.8. The van der Waals surface area contributed by atoms with Crippen LogP contribution in [0.1, 0.15) is 63.6 Å². The fourth-order valence-corrected chi connectivity index (χ4v) is 5.11. The van der Waals surface area contributed by atoms with Gasteiger partial charge in [-0.25, -0.2) is 4.39 Å². The molecule has 2 aliphatic rings. The van der Waals surface area contributed by atoms with Crippen molar-refractivity contribution in [2.75, 3.05) is 13.7 Å². The van der Waals surface area contributed by atoms with E-state index in [2.05, 4.69) is 6.92 Å². The molecule has 4 rings (SSSR count). The molecule has 1 aliphatic carbocycles. The number of carbonyl (C=O) groups is 2. The fraction of sp³-hybridized carbons (Fsp3) is 0.500. The standard InChI is InChI=1S/C28H35FN2O4/c1-18(2)35-24-14-9-21(15-25(24)34-4)27-28(33)30(23-12-5-19(3)6-13-23)17-26(32)31(27)16-20-7-10-22(29)11-8-20/h7-11,14-15,18-19,23,27H,5-6,12-13,16-17H2,1-4H3/t19?,23?,27-/m0/s1. The smallest absolute Gasteiger partial charge is 0.250 e. The van der Waals surface area contributed by atoms with Crippen LogP contribution in [-0.2, 0) is 16.1 Å². The Balaban J connectivity index is 1.70. The van der Waals surface area contributed by atoms with Crippen LogP contribution in [0.4, 0.5) is 4.39 Å². The van der Waals surface area contributed by atoms with Gasteiger partial charge in [0.15, 0.2) is 11.5 Å². The van der Waals surface area contributed by atoms with Crippen molar-refractivity contribution in [3.63, 3.8) is 0 Å². The van der Waals surface area contributed by atoms with Crippen LogP contribution in [0, 0.1) is 11.7 Å². The van der Waals surface area contributed by atoms with Gasteiger partial charge in [-0.2, -0.15) is 0 Å². The summed E-state index contributed by atoms with van der Waals surface area (Å²) in [7, 11) is 1.56. The zero-order valence-corrected chi connectivity index (χ0v) is 21.0. The summed E-state index contributed by atoms with van der Waals surface area (Å²) in [5.74, 6) is 1.22. The number of carbonyl (C=O) groups excluding carboxylic acids is 2. The molecule has 1 heterocycles. The summed E-state index contributed by atoms with van der Waals surface area (Å²) in [6.45, 7) is 6.40. The van der Waals surface area contributed by atoms with Crippen LogP contribution < -0.4 is 9.47 Å². The molecule has 35 heavy (non-hydrogen) atoms. The number of benzene rings is 2. The van der Waals surface area contributed by atoms with E-state index in [-0.39, 0.29) is 42.9 Å². The van der Waals surface area contributed by atoms with E-state index in [1.807, 2.05) is 19.9 Å². The van der Waals surface area contributed by atoms with Gasteiger partial charge in [0.1, 0.15) is 18.4 Å². The molecular weight excluding hydrogens is 447 g/mol. The van der Waals surface area contributed by atoms with E-state index in [9.17, 15) is 14.0 Å². The molecule has 0 aromatic heterocycles. The first-order valence-electron chi connectivity index (χ1n) is 12.5. The van der Waals surface area contributed by atoms with Crippen molar-refractivity contribution in [2.24, 2.45) is 5.92 Å². The zero-order chi connectivity index (χ0) is 25.1. The molecule has 0 bridgehead atoms. The van der Waals surface area contributed by atoms with E-state index >= 15 is 0 Å². The highest BCUT2D eigenvalue weighted by atomic mass is 19.1. The fourth-order valence-electron chi connectivity index (χ4n) is 5.11. The van der Waals surface area contributed by atoms with Gasteiger partial charge in [0.2, 0.25) is 5.91 Å². The van der Waals surface area contributed by atoms with Crippen LogP contribution in [0.5, 0.6) is 11.5 Å². The minimum absolute atomic E-state index is 0.0354. The summed E-state index contributed by atoms with van der Waals surface area (Å²) >= 11 is 0. The van der Waals surface area contributed by atoms with Gasteiger partial charge in [-0.3, -0.25) is 9.59 Å². The van der Waals surface area contributed by atoms with Crippen LogP contribution in [0.3, 0.4) is 0 Å². The van der Waals surface area contributed by atoms with Gasteiger partial charge >= 0.3 is 0 Å². The Morgan fingerprint density at radius 2 is 1.69 bits per heavy atom. The Bertz CT molecular complexity index is 1050. The van der Waals surface area contributed by atoms with Crippen molar-refractivity contribution in [3.8, 4) is 11.5 Å². The number of ether oxygens (including phenoxy) is 2. The van der Waals surface area contributed by atoms with E-state index in [1.54, 1.807) is 41.2 Å². The Morgan fingerprint density at radius 1 is 1.00 bits per heavy atom. The predicted molar refractivity (Wildman–Crippen MR) is 132 cm³/mol. The van der Waals surface area contributed by atoms with Crippen molar-refractivity contribution in [1.82, 2.24) is 9.80 Å². The maximum absolute atomic E-state index is 14.0. The molecule has 1 aliphatic heterocycles. The van der Waals surface area contributed by atoms with Crippen LogP contribution in [-0.4, -0.2) is 47.4 Å². The molecule has 1 saturated heterocycles. The molecule has 2 aromatic carbocycles. The Morgan fingerprint density at radius 3 is 2.31 bits per heavy atom. The van der Waals surface area contributed by atoms with Crippen LogP contribution >= 0.6 is 0 Å². The molecule has 2 fully saturated rings. The zero-order valence-electron chi connectivity index (χ0n) is 21.0. The van der Waals surface area contributed by atoms with E-state index in [4.69, 9.17) is 9.47 Å². The highest BCUT2D eigenvalue weighted by molar-refractivity contribution is 5.96. The maximum Gasteiger partial charge on any atom is 0.250 e. The summed E-state index contributed by atoms with van der Waals surface area (Å²) < 4.78 is 24.9. The predicted octanol–water partition coefficient (Wildman–Crippen LogP) is 5.11. The molecular formula is C28H35FN2O4. The molecule has 0 radical (unpaired) electrons. The van der Waals surface area contributed by atoms with Crippen molar-refractivity contribution in [3.05, 3.63) is 59.4 Å². The molecule has 2 aromatic rings. The second-order valence-electron chi connectivity index (χ2n) is 10.0. The van der Waals surface area contributed by atoms with Crippen molar-refractivity contribution in [1.29, 1.82) is 0 Å². The minimum Gasteiger partial charge on any atom is -0.493 e. The van der Waals surface area contributed by atoms with Crippen molar-refractivity contribution < 1.29 is 23.5 Å². The SMILES string of the molecule is COc1cc([C@H]2C(=O)N(C3CCC(C)CC3)CC(=O)N2Cc2ccc(F)cc2)ccc1OC(C)C. The monoisotopic (exact) mass is 482 g/mol. The van der Waals surface area contributed by atoms with E-state index in [0.717, 1.165) is 31.2 Å². The summed E-state index contributed by atoms with van der Waals surface area (Å²) in [6, 6.07) is 10.7. The third-order valence-corrected chi connectivity index (χ3v) is 7.01. The van der Waals surface area contributed by atoms with Gasteiger partial charge in [-0.1, -0.05) is 25.1 Å². The van der Waals surface area contributed by atoms with Gasteiger partial charge in [0.25, 0.3) is 5.91 Å². The van der Waals surface area contributed by atoms with Gasteiger partial charge in [0, 0.05) is 12.6 Å². The van der Waals surface area contributed by atoms with Crippen molar-refractivity contribution in [2.45, 2.75) is 71.2 Å². The van der Waals surface area contributed by atoms with E-state index in [1.165, 1.54) is 12.1 Å². The first-order chi connectivity index (χ1) is 16.8. The second-order valence-corrected chi connectivity index (χ2v) is 10.0. The first-order valence-corrected chi connectivity index (χ1v) is 12.5. The molecule has 7 heteroatoms. The molecule has 6 nitrogen and oxygen atoms in total. The molecule has 0 spiro atoms. The first kappa shape index (κ1) is 25.0. The molecule has 1 saturated carbocycles. The topological polar surface area (TPSA) is 59.1 Å². The molecule has 0 N–H and O–H groups in total. The number of hydrogen-bond acceptors (Lipinski definition) is 4. The summed E-state index contributed by atoms with van der Waals surface area (Å²) in [5, 5.41) is 0. The molecule has 2 amide bonds. The Labute approximate surface area is 207 Å². The van der Waals surface area contributed by atoms with Crippen LogP contribution in [0.15, 0.2) is 42.5 Å². The highest BCUT2D eigenvalue weighted by Crippen LogP contribution is 2.38. The number of halogens is 1. The third-order valence-electron chi connectivity index (χ3n) is 7.01. The normalized spacial score (nSPS) is 23.1. The number of amides is 2. The quantitative estimate of drug-likeness (QED) is 0.550.